The monoisotopic (exact) mass is 311 g/mol. The number of rotatable bonds is 2. The molecule has 6 heteroatoms. The molecular formula is C17H17N3O3. The molecule has 0 saturated heterocycles. The second-order valence-corrected chi connectivity index (χ2v) is 5.47. The normalized spacial score (nSPS) is 13.8. The summed E-state index contributed by atoms with van der Waals surface area (Å²) in [6.07, 6.45) is 2.97. The van der Waals surface area contributed by atoms with Gasteiger partial charge in [0.25, 0.3) is 5.69 Å². The van der Waals surface area contributed by atoms with Crippen LogP contribution in [-0.4, -0.2) is 17.5 Å². The van der Waals surface area contributed by atoms with E-state index in [4.69, 9.17) is 0 Å². The van der Waals surface area contributed by atoms with Gasteiger partial charge in [0.2, 0.25) is 0 Å². The molecule has 0 unspecified atom stereocenters. The van der Waals surface area contributed by atoms with Crippen LogP contribution in [0.5, 0.6) is 0 Å². The molecule has 0 bridgehead atoms. The number of benzene rings is 2. The van der Waals surface area contributed by atoms with E-state index in [-0.39, 0.29) is 11.7 Å². The van der Waals surface area contributed by atoms with Gasteiger partial charge in [-0.05, 0) is 43.0 Å². The molecule has 1 aliphatic rings. The first-order valence-corrected chi connectivity index (χ1v) is 7.56. The second kappa shape index (κ2) is 6.48. The fraction of sp³-hybridized carbons (Fsp3) is 0.235. The lowest BCUT2D eigenvalue weighted by molar-refractivity contribution is -0.384. The summed E-state index contributed by atoms with van der Waals surface area (Å²) in [5, 5.41) is 13.5. The Morgan fingerprint density at radius 3 is 2.57 bits per heavy atom. The van der Waals surface area contributed by atoms with Crippen molar-refractivity contribution >= 4 is 23.1 Å². The van der Waals surface area contributed by atoms with Gasteiger partial charge in [-0.25, -0.2) is 4.79 Å². The predicted molar refractivity (Wildman–Crippen MR) is 88.8 cm³/mol. The zero-order valence-corrected chi connectivity index (χ0v) is 12.6. The zero-order valence-electron chi connectivity index (χ0n) is 12.6. The quantitative estimate of drug-likeness (QED) is 0.673. The molecule has 0 fully saturated rings. The number of amides is 2. The number of anilines is 2. The lowest BCUT2D eigenvalue weighted by Crippen LogP contribution is -2.35. The zero-order chi connectivity index (χ0) is 16.2. The number of carbonyl (C=O) groups excluding carboxylic acids is 1. The Hall–Kier alpha value is -2.89. The minimum Gasteiger partial charge on any atom is -0.308 e. The highest BCUT2D eigenvalue weighted by Crippen LogP contribution is 2.27. The molecule has 23 heavy (non-hydrogen) atoms. The summed E-state index contributed by atoms with van der Waals surface area (Å²) in [5.74, 6) is 0. The fourth-order valence-corrected chi connectivity index (χ4v) is 2.76. The summed E-state index contributed by atoms with van der Waals surface area (Å²) in [4.78, 5) is 24.5. The summed E-state index contributed by atoms with van der Waals surface area (Å²) in [7, 11) is 0. The van der Waals surface area contributed by atoms with Gasteiger partial charge in [0.15, 0.2) is 0 Å². The van der Waals surface area contributed by atoms with E-state index in [1.807, 2.05) is 24.3 Å². The SMILES string of the molecule is O=C(Nc1ccc([N+](=O)[O-])cc1)N1CCCCc2ccccc21. The summed E-state index contributed by atoms with van der Waals surface area (Å²) in [5.41, 5.74) is 2.65. The molecular weight excluding hydrogens is 294 g/mol. The number of hydrogen-bond donors (Lipinski definition) is 1. The van der Waals surface area contributed by atoms with Crippen LogP contribution >= 0.6 is 0 Å². The molecule has 118 valence electrons. The number of nitrogens with one attached hydrogen (secondary N) is 1. The predicted octanol–water partition coefficient (Wildman–Crippen LogP) is 3.97. The number of nitro benzene ring substituents is 1. The third-order valence-corrected chi connectivity index (χ3v) is 3.93. The van der Waals surface area contributed by atoms with Crippen LogP contribution in [0.3, 0.4) is 0 Å². The Bertz CT molecular complexity index is 728. The topological polar surface area (TPSA) is 75.5 Å². The van der Waals surface area contributed by atoms with Crippen molar-refractivity contribution in [3.63, 3.8) is 0 Å². The van der Waals surface area contributed by atoms with Crippen molar-refractivity contribution in [2.45, 2.75) is 19.3 Å². The van der Waals surface area contributed by atoms with E-state index in [1.165, 1.54) is 17.7 Å². The van der Waals surface area contributed by atoms with E-state index in [1.54, 1.807) is 17.0 Å². The second-order valence-electron chi connectivity index (χ2n) is 5.47. The molecule has 0 aliphatic carbocycles. The number of urea groups is 1. The van der Waals surface area contributed by atoms with Gasteiger partial charge in [-0.1, -0.05) is 18.2 Å². The average Bonchev–Trinajstić information content (AvgIpc) is 2.77. The molecule has 2 aromatic rings. The summed E-state index contributed by atoms with van der Waals surface area (Å²) in [6.45, 7) is 0.663. The number of non-ortho nitro benzene ring substituents is 1. The molecule has 0 saturated carbocycles. The Kier molecular flexibility index (Phi) is 4.23. The van der Waals surface area contributed by atoms with Crippen LogP contribution < -0.4 is 10.2 Å². The third kappa shape index (κ3) is 3.31. The van der Waals surface area contributed by atoms with E-state index in [9.17, 15) is 14.9 Å². The van der Waals surface area contributed by atoms with Crippen molar-refractivity contribution in [2.75, 3.05) is 16.8 Å². The molecule has 2 amide bonds. The van der Waals surface area contributed by atoms with E-state index >= 15 is 0 Å². The van der Waals surface area contributed by atoms with Crippen molar-refractivity contribution < 1.29 is 9.72 Å². The van der Waals surface area contributed by atoms with Crippen LogP contribution in [0, 0.1) is 10.1 Å². The molecule has 3 rings (SSSR count). The maximum Gasteiger partial charge on any atom is 0.326 e. The highest BCUT2D eigenvalue weighted by molar-refractivity contribution is 6.02. The number of nitrogens with zero attached hydrogens (tertiary/aromatic N) is 2. The van der Waals surface area contributed by atoms with Gasteiger partial charge in [-0.2, -0.15) is 0 Å². The van der Waals surface area contributed by atoms with Crippen LogP contribution in [0.1, 0.15) is 18.4 Å². The van der Waals surface area contributed by atoms with Crippen molar-refractivity contribution in [3.05, 3.63) is 64.2 Å². The average molecular weight is 311 g/mol. The number of para-hydroxylation sites is 1. The number of fused-ring (bicyclic) bond motifs is 1. The van der Waals surface area contributed by atoms with Crippen LogP contribution in [0.15, 0.2) is 48.5 Å². The molecule has 6 nitrogen and oxygen atoms in total. The van der Waals surface area contributed by atoms with E-state index in [0.29, 0.717) is 12.2 Å². The lowest BCUT2D eigenvalue weighted by Gasteiger charge is -2.23. The summed E-state index contributed by atoms with van der Waals surface area (Å²) < 4.78 is 0. The van der Waals surface area contributed by atoms with Gasteiger partial charge in [-0.15, -0.1) is 0 Å². The van der Waals surface area contributed by atoms with Gasteiger partial charge in [0.05, 0.1) is 4.92 Å². The van der Waals surface area contributed by atoms with Gasteiger partial charge in [-0.3, -0.25) is 15.0 Å². The molecule has 1 aliphatic heterocycles. The Morgan fingerprint density at radius 1 is 1.09 bits per heavy atom. The molecule has 1 N–H and O–H groups in total. The smallest absolute Gasteiger partial charge is 0.308 e. The lowest BCUT2D eigenvalue weighted by atomic mass is 10.1. The van der Waals surface area contributed by atoms with Crippen LogP contribution in [-0.2, 0) is 6.42 Å². The number of aryl methyl sites for hydroxylation is 1. The largest absolute Gasteiger partial charge is 0.326 e. The van der Waals surface area contributed by atoms with Gasteiger partial charge in [0, 0.05) is 30.1 Å². The maximum absolute atomic E-state index is 12.6. The Balaban J connectivity index is 1.79. The first kappa shape index (κ1) is 15.0. The minimum atomic E-state index is -0.462. The first-order chi connectivity index (χ1) is 11.1. The fourth-order valence-electron chi connectivity index (χ4n) is 2.76. The van der Waals surface area contributed by atoms with Crippen molar-refractivity contribution in [1.29, 1.82) is 0 Å². The highest BCUT2D eigenvalue weighted by atomic mass is 16.6. The highest BCUT2D eigenvalue weighted by Gasteiger charge is 2.21. The van der Waals surface area contributed by atoms with Crippen LogP contribution in [0.2, 0.25) is 0 Å². The van der Waals surface area contributed by atoms with Gasteiger partial charge in [0.1, 0.15) is 0 Å². The third-order valence-electron chi connectivity index (χ3n) is 3.93. The van der Waals surface area contributed by atoms with Crippen molar-refractivity contribution in [1.82, 2.24) is 0 Å². The first-order valence-electron chi connectivity index (χ1n) is 7.56. The summed E-state index contributed by atoms with van der Waals surface area (Å²) in [6, 6.07) is 13.5. The van der Waals surface area contributed by atoms with E-state index in [0.717, 1.165) is 24.9 Å². The summed E-state index contributed by atoms with van der Waals surface area (Å²) >= 11 is 0. The molecule has 1 heterocycles. The maximum atomic E-state index is 12.6. The Labute approximate surface area is 133 Å². The molecule has 0 spiro atoms. The minimum absolute atomic E-state index is 0.00289. The van der Waals surface area contributed by atoms with Gasteiger partial charge >= 0.3 is 6.03 Å². The van der Waals surface area contributed by atoms with E-state index < -0.39 is 4.92 Å². The van der Waals surface area contributed by atoms with Crippen LogP contribution in [0.25, 0.3) is 0 Å². The van der Waals surface area contributed by atoms with Crippen molar-refractivity contribution in [2.24, 2.45) is 0 Å². The van der Waals surface area contributed by atoms with E-state index in [2.05, 4.69) is 5.32 Å². The molecule has 2 aromatic carbocycles. The standard InChI is InChI=1S/C17H17N3O3/c21-17(18-14-8-10-15(11-9-14)20(22)23)19-12-4-3-6-13-5-1-2-7-16(13)19/h1-2,5,7-11H,3-4,6,12H2,(H,18,21). The van der Waals surface area contributed by atoms with Crippen molar-refractivity contribution in [3.8, 4) is 0 Å². The Morgan fingerprint density at radius 2 is 1.83 bits per heavy atom. The molecule has 0 radical (unpaired) electrons. The number of nitro groups is 1. The molecule has 0 atom stereocenters. The number of hydrogen-bond acceptors (Lipinski definition) is 3. The van der Waals surface area contributed by atoms with Gasteiger partial charge < -0.3 is 5.32 Å². The number of carbonyl (C=O) groups is 1. The molecule has 0 aromatic heterocycles. The van der Waals surface area contributed by atoms with Crippen LogP contribution in [0.4, 0.5) is 21.9 Å².